The van der Waals surface area contributed by atoms with E-state index in [-0.39, 0.29) is 0 Å². The van der Waals surface area contributed by atoms with E-state index in [0.29, 0.717) is 5.92 Å². The standard InChI is InChI=1S/C21H25NO2/c1-2-4-20-17(3-1)7-10-21(20)18-5-8-19(9-6-18)24-16-13-22-11-14-23-15-12-22/h2,4-10,21H,1,3,11-16H2. The highest BCUT2D eigenvalue weighted by molar-refractivity contribution is 5.52. The van der Waals surface area contributed by atoms with Crippen LogP contribution in [0, 0.1) is 0 Å². The van der Waals surface area contributed by atoms with Crippen LogP contribution in [-0.4, -0.2) is 44.4 Å². The van der Waals surface area contributed by atoms with Crippen LogP contribution in [0.15, 0.2) is 59.7 Å². The lowest BCUT2D eigenvalue weighted by atomic mass is 9.89. The van der Waals surface area contributed by atoms with Crippen molar-refractivity contribution < 1.29 is 9.47 Å². The topological polar surface area (TPSA) is 21.7 Å². The van der Waals surface area contributed by atoms with Crippen molar-refractivity contribution in [2.75, 3.05) is 39.5 Å². The normalized spacial score (nSPS) is 23.6. The molecule has 1 aliphatic heterocycles. The van der Waals surface area contributed by atoms with E-state index in [0.717, 1.165) is 45.2 Å². The molecule has 1 fully saturated rings. The minimum Gasteiger partial charge on any atom is -0.492 e. The van der Waals surface area contributed by atoms with Crippen molar-refractivity contribution in [1.82, 2.24) is 4.90 Å². The number of hydrogen-bond acceptors (Lipinski definition) is 3. The number of allylic oxidation sites excluding steroid dienone is 6. The lowest BCUT2D eigenvalue weighted by molar-refractivity contribution is 0.0322. The molecule has 3 nitrogen and oxygen atoms in total. The molecule has 0 radical (unpaired) electrons. The summed E-state index contributed by atoms with van der Waals surface area (Å²) in [5.41, 5.74) is 4.33. The van der Waals surface area contributed by atoms with Gasteiger partial charge >= 0.3 is 0 Å². The largest absolute Gasteiger partial charge is 0.492 e. The van der Waals surface area contributed by atoms with Gasteiger partial charge in [-0.2, -0.15) is 0 Å². The second kappa shape index (κ2) is 7.37. The monoisotopic (exact) mass is 323 g/mol. The fourth-order valence-electron chi connectivity index (χ4n) is 3.68. The number of hydrogen-bond donors (Lipinski definition) is 0. The SMILES string of the molecule is C1=CC2=C(C=CC2c2ccc(OCCN3CCOCC3)cc2)CC1. The molecule has 1 atom stereocenters. The second-order valence-corrected chi connectivity index (χ2v) is 6.63. The highest BCUT2D eigenvalue weighted by atomic mass is 16.5. The molecule has 1 unspecified atom stereocenters. The Morgan fingerprint density at radius 2 is 1.92 bits per heavy atom. The molecule has 0 aromatic heterocycles. The minimum atomic E-state index is 0.416. The Labute approximate surface area is 144 Å². The molecule has 0 amide bonds. The van der Waals surface area contributed by atoms with Crippen LogP contribution >= 0.6 is 0 Å². The fourth-order valence-corrected chi connectivity index (χ4v) is 3.68. The van der Waals surface area contributed by atoms with Crippen molar-refractivity contribution in [2.24, 2.45) is 0 Å². The van der Waals surface area contributed by atoms with Gasteiger partial charge in [0.2, 0.25) is 0 Å². The van der Waals surface area contributed by atoms with Crippen LogP contribution in [-0.2, 0) is 4.74 Å². The summed E-state index contributed by atoms with van der Waals surface area (Å²) in [6.07, 6.45) is 11.6. The Morgan fingerprint density at radius 3 is 2.75 bits per heavy atom. The smallest absolute Gasteiger partial charge is 0.119 e. The first kappa shape index (κ1) is 15.7. The third-order valence-corrected chi connectivity index (χ3v) is 5.09. The maximum absolute atomic E-state index is 5.91. The predicted molar refractivity (Wildman–Crippen MR) is 96.5 cm³/mol. The molecule has 1 heterocycles. The third kappa shape index (κ3) is 3.47. The molecule has 1 saturated heterocycles. The molecule has 126 valence electrons. The molecular weight excluding hydrogens is 298 g/mol. The van der Waals surface area contributed by atoms with Gasteiger partial charge in [0.05, 0.1) is 13.2 Å². The summed E-state index contributed by atoms with van der Waals surface area (Å²) >= 11 is 0. The number of morpholine rings is 1. The average Bonchev–Trinajstić information content (AvgIpc) is 3.07. The molecule has 2 aliphatic carbocycles. The Bertz CT molecular complexity index is 651. The van der Waals surface area contributed by atoms with Crippen molar-refractivity contribution in [3.63, 3.8) is 0 Å². The quantitative estimate of drug-likeness (QED) is 0.825. The van der Waals surface area contributed by atoms with E-state index in [1.165, 1.54) is 29.6 Å². The Hall–Kier alpha value is -1.84. The van der Waals surface area contributed by atoms with Crippen LogP contribution in [0.3, 0.4) is 0 Å². The van der Waals surface area contributed by atoms with Gasteiger partial charge in [-0.15, -0.1) is 0 Å². The molecule has 0 bridgehead atoms. The van der Waals surface area contributed by atoms with Gasteiger partial charge in [0.25, 0.3) is 0 Å². The van der Waals surface area contributed by atoms with Gasteiger partial charge in [-0.05, 0) is 41.7 Å². The van der Waals surface area contributed by atoms with Gasteiger partial charge in [-0.1, -0.05) is 36.4 Å². The first-order chi connectivity index (χ1) is 11.9. The van der Waals surface area contributed by atoms with Crippen molar-refractivity contribution >= 4 is 0 Å². The van der Waals surface area contributed by atoms with Gasteiger partial charge in [0.1, 0.15) is 12.4 Å². The molecule has 4 rings (SSSR count). The molecule has 3 aliphatic rings. The number of rotatable bonds is 5. The zero-order chi connectivity index (χ0) is 16.2. The highest BCUT2D eigenvalue weighted by Gasteiger charge is 2.21. The lowest BCUT2D eigenvalue weighted by Crippen LogP contribution is -2.38. The zero-order valence-corrected chi connectivity index (χ0v) is 14.1. The van der Waals surface area contributed by atoms with Crippen molar-refractivity contribution in [1.29, 1.82) is 0 Å². The summed E-state index contributed by atoms with van der Waals surface area (Å²) in [5, 5.41) is 0. The molecule has 24 heavy (non-hydrogen) atoms. The molecule has 1 aromatic rings. The Balaban J connectivity index is 1.33. The summed E-state index contributed by atoms with van der Waals surface area (Å²) < 4.78 is 11.3. The molecule has 0 saturated carbocycles. The third-order valence-electron chi connectivity index (χ3n) is 5.09. The average molecular weight is 323 g/mol. The number of nitrogens with zero attached hydrogens (tertiary/aromatic N) is 1. The first-order valence-electron chi connectivity index (χ1n) is 9.01. The van der Waals surface area contributed by atoms with Crippen LogP contribution in [0.1, 0.15) is 24.3 Å². The van der Waals surface area contributed by atoms with E-state index in [2.05, 4.69) is 53.5 Å². The van der Waals surface area contributed by atoms with Crippen molar-refractivity contribution in [3.05, 3.63) is 65.3 Å². The Kier molecular flexibility index (Phi) is 4.81. The second-order valence-electron chi connectivity index (χ2n) is 6.63. The van der Waals surface area contributed by atoms with E-state index in [4.69, 9.17) is 9.47 Å². The predicted octanol–water partition coefficient (Wildman–Crippen LogP) is 3.70. The highest BCUT2D eigenvalue weighted by Crippen LogP contribution is 2.39. The summed E-state index contributed by atoms with van der Waals surface area (Å²) in [6, 6.07) is 8.62. The molecule has 0 N–H and O–H groups in total. The van der Waals surface area contributed by atoms with E-state index < -0.39 is 0 Å². The summed E-state index contributed by atoms with van der Waals surface area (Å²) in [7, 11) is 0. The van der Waals surface area contributed by atoms with E-state index in [9.17, 15) is 0 Å². The number of ether oxygens (including phenoxy) is 2. The summed E-state index contributed by atoms with van der Waals surface area (Å²) in [4.78, 5) is 2.39. The maximum Gasteiger partial charge on any atom is 0.119 e. The van der Waals surface area contributed by atoms with Crippen LogP contribution in [0.25, 0.3) is 0 Å². The maximum atomic E-state index is 5.91. The first-order valence-corrected chi connectivity index (χ1v) is 9.01. The molecule has 3 heteroatoms. The minimum absolute atomic E-state index is 0.416. The molecule has 1 aromatic carbocycles. The molecule has 0 spiro atoms. The summed E-state index contributed by atoms with van der Waals surface area (Å²) in [5.74, 6) is 1.38. The van der Waals surface area contributed by atoms with Crippen LogP contribution in [0.4, 0.5) is 0 Å². The van der Waals surface area contributed by atoms with Crippen molar-refractivity contribution in [2.45, 2.75) is 18.8 Å². The van der Waals surface area contributed by atoms with Gasteiger partial charge in [-0.25, -0.2) is 0 Å². The zero-order valence-electron chi connectivity index (χ0n) is 14.1. The van der Waals surface area contributed by atoms with Crippen LogP contribution in [0.5, 0.6) is 5.75 Å². The van der Waals surface area contributed by atoms with Gasteiger partial charge in [-0.3, -0.25) is 4.90 Å². The van der Waals surface area contributed by atoms with Gasteiger partial charge in [0, 0.05) is 25.6 Å². The lowest BCUT2D eigenvalue weighted by Gasteiger charge is -2.26. The van der Waals surface area contributed by atoms with Crippen LogP contribution in [0.2, 0.25) is 0 Å². The molecular formula is C21H25NO2. The van der Waals surface area contributed by atoms with Gasteiger partial charge < -0.3 is 9.47 Å². The van der Waals surface area contributed by atoms with E-state index >= 15 is 0 Å². The Morgan fingerprint density at radius 1 is 1.08 bits per heavy atom. The van der Waals surface area contributed by atoms with E-state index in [1.54, 1.807) is 0 Å². The van der Waals surface area contributed by atoms with Crippen LogP contribution < -0.4 is 4.74 Å². The van der Waals surface area contributed by atoms with E-state index in [1.807, 2.05) is 0 Å². The number of benzene rings is 1. The van der Waals surface area contributed by atoms with Gasteiger partial charge in [0.15, 0.2) is 0 Å². The summed E-state index contributed by atoms with van der Waals surface area (Å²) in [6.45, 7) is 5.42. The fraction of sp³-hybridized carbons (Fsp3) is 0.429. The van der Waals surface area contributed by atoms with Crippen molar-refractivity contribution in [3.8, 4) is 5.75 Å².